The van der Waals surface area contributed by atoms with E-state index in [1.165, 1.54) is 0 Å². The Hall–Kier alpha value is 0.640. The van der Waals surface area contributed by atoms with Gasteiger partial charge >= 0.3 is 0 Å². The molecule has 0 aromatic rings. The fourth-order valence-electron chi connectivity index (χ4n) is 1.15. The van der Waals surface area contributed by atoms with Crippen LogP contribution >= 0.6 is 18.8 Å². The molecule has 1 fully saturated rings. The molecule has 0 aromatic carbocycles. The minimum atomic E-state index is -0.527. The first-order chi connectivity index (χ1) is 4.55. The smallest absolute Gasteiger partial charge is 0.140 e. The molecule has 1 heterocycles. The minimum absolute atomic E-state index is 0.527. The molecule has 2 atom stereocenters. The highest BCUT2D eigenvalue weighted by molar-refractivity contribution is 7.80. The molecule has 1 aliphatic heterocycles. The van der Waals surface area contributed by atoms with E-state index in [0.29, 0.717) is 12.1 Å². The molecule has 0 aromatic heterocycles. The molecular formula is C6H14ClN2P. The maximum Gasteiger partial charge on any atom is 0.140 e. The van der Waals surface area contributed by atoms with Crippen LogP contribution in [0.15, 0.2) is 0 Å². The van der Waals surface area contributed by atoms with E-state index >= 15 is 0 Å². The minimum Gasteiger partial charge on any atom is -0.256 e. The molecule has 0 aliphatic carbocycles. The van der Waals surface area contributed by atoms with Crippen LogP contribution in [0.3, 0.4) is 0 Å². The Labute approximate surface area is 68.8 Å². The van der Waals surface area contributed by atoms with Crippen LogP contribution in [-0.2, 0) is 0 Å². The first-order valence-electron chi connectivity index (χ1n) is 3.47. The average molecular weight is 181 g/mol. The van der Waals surface area contributed by atoms with Gasteiger partial charge in [-0.25, -0.2) is 0 Å². The summed E-state index contributed by atoms with van der Waals surface area (Å²) in [5.41, 5.74) is 0. The summed E-state index contributed by atoms with van der Waals surface area (Å²) in [6, 6.07) is 1.18. The summed E-state index contributed by atoms with van der Waals surface area (Å²) in [6.45, 7) is 4.43. The van der Waals surface area contributed by atoms with E-state index in [4.69, 9.17) is 11.2 Å². The lowest BCUT2D eigenvalue weighted by atomic mass is 10.2. The molecule has 0 amide bonds. The summed E-state index contributed by atoms with van der Waals surface area (Å²) in [5.74, 6) is 0. The summed E-state index contributed by atoms with van der Waals surface area (Å²) in [6.07, 6.45) is 0. The van der Waals surface area contributed by atoms with E-state index in [2.05, 4.69) is 37.3 Å². The van der Waals surface area contributed by atoms with Gasteiger partial charge in [-0.3, -0.25) is 9.34 Å². The molecule has 4 heteroatoms. The summed E-state index contributed by atoms with van der Waals surface area (Å²) in [7, 11) is 3.65. The largest absolute Gasteiger partial charge is 0.256 e. The van der Waals surface area contributed by atoms with E-state index < -0.39 is 7.58 Å². The van der Waals surface area contributed by atoms with Crippen molar-refractivity contribution in [3.8, 4) is 0 Å². The molecule has 60 valence electrons. The van der Waals surface area contributed by atoms with Gasteiger partial charge in [0, 0.05) is 12.1 Å². The van der Waals surface area contributed by atoms with E-state index in [0.717, 1.165) is 0 Å². The van der Waals surface area contributed by atoms with Crippen LogP contribution in [0.1, 0.15) is 13.8 Å². The Morgan fingerprint density at radius 1 is 1.10 bits per heavy atom. The van der Waals surface area contributed by atoms with Crippen molar-refractivity contribution >= 4 is 18.8 Å². The van der Waals surface area contributed by atoms with Crippen LogP contribution in [0.2, 0.25) is 0 Å². The van der Waals surface area contributed by atoms with E-state index in [-0.39, 0.29) is 0 Å². The number of hydrogen-bond acceptors (Lipinski definition) is 2. The van der Waals surface area contributed by atoms with Gasteiger partial charge in [0.05, 0.1) is 0 Å². The number of likely N-dealkylation sites (N-methyl/N-ethyl adjacent to an activating group) is 2. The SMILES string of the molecule is C[C@@H]1[C@@H](C)N(C)P(Cl)N1C. The second kappa shape index (κ2) is 2.94. The summed E-state index contributed by atoms with van der Waals surface area (Å²) in [5, 5.41) is 0. The van der Waals surface area contributed by atoms with Crippen LogP contribution in [0.25, 0.3) is 0 Å². The molecule has 0 unspecified atom stereocenters. The van der Waals surface area contributed by atoms with Crippen molar-refractivity contribution in [3.05, 3.63) is 0 Å². The molecule has 2 nitrogen and oxygen atoms in total. The van der Waals surface area contributed by atoms with Crippen LogP contribution in [0.5, 0.6) is 0 Å². The number of hydrogen-bond donors (Lipinski definition) is 0. The average Bonchev–Trinajstić information content (AvgIpc) is 2.07. The lowest BCUT2D eigenvalue weighted by Gasteiger charge is -2.17. The van der Waals surface area contributed by atoms with Crippen molar-refractivity contribution in [2.24, 2.45) is 0 Å². The summed E-state index contributed by atoms with van der Waals surface area (Å²) < 4.78 is 4.48. The monoisotopic (exact) mass is 180 g/mol. The van der Waals surface area contributed by atoms with E-state index in [9.17, 15) is 0 Å². The molecule has 0 spiro atoms. The topological polar surface area (TPSA) is 6.48 Å². The number of halogens is 1. The second-order valence-electron chi connectivity index (χ2n) is 2.87. The Balaban J connectivity index is 2.68. The third-order valence-electron chi connectivity index (χ3n) is 2.40. The molecule has 0 bridgehead atoms. The molecule has 1 aliphatic rings. The zero-order valence-corrected chi connectivity index (χ0v) is 8.52. The quantitative estimate of drug-likeness (QED) is 0.527. The van der Waals surface area contributed by atoms with Gasteiger partial charge in [0.15, 0.2) is 0 Å². The highest BCUT2D eigenvalue weighted by Gasteiger charge is 2.37. The fraction of sp³-hybridized carbons (Fsp3) is 1.00. The Morgan fingerprint density at radius 3 is 1.50 bits per heavy atom. The zero-order valence-electron chi connectivity index (χ0n) is 6.87. The van der Waals surface area contributed by atoms with Crippen molar-refractivity contribution in [3.63, 3.8) is 0 Å². The molecule has 0 saturated carbocycles. The highest BCUT2D eigenvalue weighted by atomic mass is 35.7. The fourth-order valence-corrected chi connectivity index (χ4v) is 3.41. The molecule has 1 saturated heterocycles. The summed E-state index contributed by atoms with van der Waals surface area (Å²) >= 11 is 6.12. The molecular weight excluding hydrogens is 167 g/mol. The Bertz CT molecular complexity index is 88.1. The Morgan fingerprint density at radius 2 is 1.40 bits per heavy atom. The van der Waals surface area contributed by atoms with Gasteiger partial charge in [0.2, 0.25) is 0 Å². The van der Waals surface area contributed by atoms with Gasteiger partial charge in [0.1, 0.15) is 7.58 Å². The number of nitrogens with zero attached hydrogens (tertiary/aromatic N) is 2. The predicted molar refractivity (Wildman–Crippen MR) is 47.2 cm³/mol. The lowest BCUT2D eigenvalue weighted by Crippen LogP contribution is -2.29. The van der Waals surface area contributed by atoms with Crippen molar-refractivity contribution in [1.82, 2.24) is 9.34 Å². The van der Waals surface area contributed by atoms with Crippen LogP contribution in [-0.4, -0.2) is 35.5 Å². The Kier molecular flexibility index (Phi) is 2.57. The van der Waals surface area contributed by atoms with Gasteiger partial charge in [-0.1, -0.05) is 11.2 Å². The first-order valence-corrected chi connectivity index (χ1v) is 5.62. The van der Waals surface area contributed by atoms with Crippen molar-refractivity contribution in [1.29, 1.82) is 0 Å². The van der Waals surface area contributed by atoms with Gasteiger partial charge in [-0.15, -0.1) is 0 Å². The standard InChI is InChI=1S/C6H14ClN2P/c1-5-6(2)9(4)10(7)8(5)3/h5-6H,1-4H3/t5-,6-/m1/s1. The maximum atomic E-state index is 6.12. The predicted octanol–water partition coefficient (Wildman–Crippen LogP) is 2.11. The van der Waals surface area contributed by atoms with Gasteiger partial charge in [-0.05, 0) is 27.9 Å². The third-order valence-corrected chi connectivity index (χ3v) is 5.60. The zero-order chi connectivity index (χ0) is 7.89. The van der Waals surface area contributed by atoms with Gasteiger partial charge in [-0.2, -0.15) is 0 Å². The second-order valence-corrected chi connectivity index (χ2v) is 5.52. The summed E-state index contributed by atoms with van der Waals surface area (Å²) in [4.78, 5) is 0. The van der Waals surface area contributed by atoms with Crippen LogP contribution < -0.4 is 0 Å². The first kappa shape index (κ1) is 8.73. The number of rotatable bonds is 0. The van der Waals surface area contributed by atoms with Crippen molar-refractivity contribution in [2.45, 2.75) is 25.9 Å². The normalized spacial score (nSPS) is 39.3. The highest BCUT2D eigenvalue weighted by Crippen LogP contribution is 2.55. The lowest BCUT2D eigenvalue weighted by molar-refractivity contribution is 0.344. The van der Waals surface area contributed by atoms with Gasteiger partial charge in [0.25, 0.3) is 0 Å². The third kappa shape index (κ3) is 1.18. The van der Waals surface area contributed by atoms with Crippen molar-refractivity contribution < 1.29 is 0 Å². The molecule has 0 radical (unpaired) electrons. The molecule has 10 heavy (non-hydrogen) atoms. The van der Waals surface area contributed by atoms with Crippen LogP contribution in [0.4, 0.5) is 0 Å². The van der Waals surface area contributed by atoms with Gasteiger partial charge < -0.3 is 0 Å². The van der Waals surface area contributed by atoms with E-state index in [1.807, 2.05) is 0 Å². The molecule has 0 N–H and O–H groups in total. The van der Waals surface area contributed by atoms with Crippen LogP contribution in [0, 0.1) is 0 Å². The molecule has 1 rings (SSSR count). The van der Waals surface area contributed by atoms with E-state index in [1.54, 1.807) is 0 Å². The maximum absolute atomic E-state index is 6.12. The van der Waals surface area contributed by atoms with Crippen molar-refractivity contribution in [2.75, 3.05) is 14.1 Å².